The van der Waals surface area contributed by atoms with Crippen molar-refractivity contribution in [3.05, 3.63) is 85.7 Å². The molecule has 0 aliphatic carbocycles. The maximum atomic E-state index is 12.8. The molecule has 1 aromatic heterocycles. The monoisotopic (exact) mass is 368 g/mol. The highest BCUT2D eigenvalue weighted by Gasteiger charge is 2.25. The standard InChI is InChI=1S/C20H17ClN2O3/c1-12-10-17-18(11-13(12)2)23(26)20(14(3)22(17)25)19(24)9-8-15-6-4-5-7-16(15)21/h4-11H,1-3H3/b9-8+. The zero-order chi connectivity index (χ0) is 19.0. The van der Waals surface area contributed by atoms with Crippen LogP contribution in [0.5, 0.6) is 0 Å². The van der Waals surface area contributed by atoms with E-state index >= 15 is 0 Å². The van der Waals surface area contributed by atoms with E-state index in [1.165, 1.54) is 19.1 Å². The van der Waals surface area contributed by atoms with Gasteiger partial charge >= 0.3 is 5.69 Å². The summed E-state index contributed by atoms with van der Waals surface area (Å²) in [7, 11) is 0. The Bertz CT molecular complexity index is 1130. The molecule has 2 aromatic carbocycles. The van der Waals surface area contributed by atoms with Crippen molar-refractivity contribution in [2.75, 3.05) is 0 Å². The van der Waals surface area contributed by atoms with Gasteiger partial charge in [-0.25, -0.2) is 0 Å². The van der Waals surface area contributed by atoms with Crippen LogP contribution in [0.1, 0.15) is 32.9 Å². The summed E-state index contributed by atoms with van der Waals surface area (Å²) in [5.74, 6) is -0.554. The van der Waals surface area contributed by atoms with E-state index in [0.717, 1.165) is 11.1 Å². The maximum Gasteiger partial charge on any atom is 0.329 e. The van der Waals surface area contributed by atoms with Crippen molar-refractivity contribution >= 4 is 34.5 Å². The number of carbonyl (C=O) groups is 1. The fourth-order valence-corrected chi connectivity index (χ4v) is 2.99. The minimum atomic E-state index is -0.554. The molecular weight excluding hydrogens is 352 g/mol. The molecular formula is C20H17ClN2O3. The van der Waals surface area contributed by atoms with Crippen LogP contribution in [0, 0.1) is 30.9 Å². The number of halogens is 1. The van der Waals surface area contributed by atoms with Crippen LogP contribution in [0.2, 0.25) is 5.02 Å². The number of rotatable bonds is 3. The Labute approximate surface area is 155 Å². The lowest BCUT2D eigenvalue weighted by Crippen LogP contribution is -2.30. The average molecular weight is 369 g/mol. The quantitative estimate of drug-likeness (QED) is 0.391. The first-order valence-corrected chi connectivity index (χ1v) is 8.42. The molecule has 0 N–H and O–H groups in total. The first-order valence-electron chi connectivity index (χ1n) is 8.05. The average Bonchev–Trinajstić information content (AvgIpc) is 2.61. The first-order chi connectivity index (χ1) is 12.3. The molecule has 0 radical (unpaired) electrons. The predicted molar refractivity (Wildman–Crippen MR) is 103 cm³/mol. The van der Waals surface area contributed by atoms with Gasteiger partial charge in [-0.3, -0.25) is 4.79 Å². The van der Waals surface area contributed by atoms with Gasteiger partial charge in [-0.2, -0.15) is 0 Å². The first kappa shape index (κ1) is 17.9. The van der Waals surface area contributed by atoms with Gasteiger partial charge in [0.1, 0.15) is 5.52 Å². The molecule has 6 heteroatoms. The lowest BCUT2D eigenvalue weighted by atomic mass is 10.1. The van der Waals surface area contributed by atoms with E-state index in [0.29, 0.717) is 19.7 Å². The number of hydrogen-bond donors (Lipinski definition) is 0. The molecule has 132 valence electrons. The highest BCUT2D eigenvalue weighted by molar-refractivity contribution is 6.32. The molecule has 0 unspecified atom stereocenters. The number of nitrogens with zero attached hydrogens (tertiary/aromatic N) is 2. The van der Waals surface area contributed by atoms with Crippen molar-refractivity contribution in [1.82, 2.24) is 4.73 Å². The fourth-order valence-electron chi connectivity index (χ4n) is 2.79. The summed E-state index contributed by atoms with van der Waals surface area (Å²) in [6.07, 6.45) is 2.79. The number of allylic oxidation sites excluding steroid dienone is 1. The Hall–Kier alpha value is -2.92. The molecule has 0 amide bonds. The number of carbonyl (C=O) groups excluding carboxylic acids is 1. The number of hydrogen-bond acceptors (Lipinski definition) is 3. The zero-order valence-electron chi connectivity index (χ0n) is 14.6. The van der Waals surface area contributed by atoms with Crippen LogP contribution in [0.4, 0.5) is 0 Å². The lowest BCUT2D eigenvalue weighted by Gasteiger charge is -2.16. The second kappa shape index (κ2) is 6.77. The third-order valence-corrected chi connectivity index (χ3v) is 4.78. The third kappa shape index (κ3) is 3.02. The molecule has 3 aromatic rings. The van der Waals surface area contributed by atoms with E-state index in [2.05, 4.69) is 0 Å². The van der Waals surface area contributed by atoms with Gasteiger partial charge in [0, 0.05) is 16.0 Å². The zero-order valence-corrected chi connectivity index (χ0v) is 15.4. The van der Waals surface area contributed by atoms with Crippen LogP contribution in [0.25, 0.3) is 17.1 Å². The van der Waals surface area contributed by atoms with Gasteiger partial charge in [0.05, 0.1) is 10.1 Å². The van der Waals surface area contributed by atoms with E-state index in [4.69, 9.17) is 11.6 Å². The van der Waals surface area contributed by atoms with Crippen molar-refractivity contribution in [2.24, 2.45) is 0 Å². The highest BCUT2D eigenvalue weighted by atomic mass is 35.5. The summed E-state index contributed by atoms with van der Waals surface area (Å²) >= 11 is 6.07. The molecule has 5 nitrogen and oxygen atoms in total. The van der Waals surface area contributed by atoms with Gasteiger partial charge in [-0.1, -0.05) is 29.8 Å². The molecule has 0 aliphatic heterocycles. The number of aryl methyl sites for hydroxylation is 2. The Morgan fingerprint density at radius 3 is 2.50 bits per heavy atom. The summed E-state index contributed by atoms with van der Waals surface area (Å²) in [4.78, 5) is 25.4. The fraction of sp³-hybridized carbons (Fsp3) is 0.150. The summed E-state index contributed by atoms with van der Waals surface area (Å²) in [6.45, 7) is 5.18. The second-order valence-electron chi connectivity index (χ2n) is 6.17. The van der Waals surface area contributed by atoms with Crippen LogP contribution in [0.3, 0.4) is 0 Å². The molecule has 0 aliphatic rings. The Kier molecular flexibility index (Phi) is 4.66. The van der Waals surface area contributed by atoms with Crippen molar-refractivity contribution in [2.45, 2.75) is 20.8 Å². The van der Waals surface area contributed by atoms with Crippen LogP contribution >= 0.6 is 11.6 Å². The van der Waals surface area contributed by atoms with Crippen LogP contribution in [0.15, 0.2) is 42.5 Å². The Balaban J connectivity index is 2.16. The van der Waals surface area contributed by atoms with Gasteiger partial charge in [-0.15, -0.1) is 0 Å². The molecule has 1 heterocycles. The number of fused-ring (bicyclic) bond motifs is 1. The molecule has 0 spiro atoms. The molecule has 0 fully saturated rings. The molecule has 0 bridgehead atoms. The van der Waals surface area contributed by atoms with Crippen molar-refractivity contribution in [3.8, 4) is 0 Å². The maximum absolute atomic E-state index is 12.8. The van der Waals surface area contributed by atoms with Crippen LogP contribution < -0.4 is 4.43 Å². The van der Waals surface area contributed by atoms with E-state index in [1.807, 2.05) is 13.8 Å². The smallest absolute Gasteiger partial charge is 0.329 e. The summed E-state index contributed by atoms with van der Waals surface area (Å²) < 4.78 is 1.16. The van der Waals surface area contributed by atoms with Gasteiger partial charge < -0.3 is 9.94 Å². The minimum absolute atomic E-state index is 0.0598. The normalized spacial score (nSPS) is 11.4. The van der Waals surface area contributed by atoms with Crippen LogP contribution in [-0.4, -0.2) is 10.5 Å². The van der Waals surface area contributed by atoms with Gasteiger partial charge in [0.2, 0.25) is 0 Å². The minimum Gasteiger partial charge on any atom is -0.805 e. The van der Waals surface area contributed by atoms with Crippen LogP contribution in [-0.2, 0) is 0 Å². The highest BCUT2D eigenvalue weighted by Crippen LogP contribution is 2.20. The molecule has 3 rings (SSSR count). The summed E-state index contributed by atoms with van der Waals surface area (Å²) in [6, 6.07) is 10.3. The lowest BCUT2D eigenvalue weighted by molar-refractivity contribution is -0.468. The van der Waals surface area contributed by atoms with Gasteiger partial charge in [0.15, 0.2) is 0 Å². The number of benzene rings is 2. The van der Waals surface area contributed by atoms with E-state index in [-0.39, 0.29) is 22.4 Å². The van der Waals surface area contributed by atoms with Crippen molar-refractivity contribution < 1.29 is 9.22 Å². The molecule has 0 atom stereocenters. The Morgan fingerprint density at radius 2 is 1.81 bits per heavy atom. The van der Waals surface area contributed by atoms with Crippen molar-refractivity contribution in [1.29, 1.82) is 0 Å². The third-order valence-electron chi connectivity index (χ3n) is 4.43. The SMILES string of the molecule is Cc1cc2c(cc1C)[n+](=O)c(C(=O)/C=C/c1ccccc1Cl)c(C)n2[O-]. The van der Waals surface area contributed by atoms with Crippen molar-refractivity contribution in [3.63, 3.8) is 0 Å². The van der Waals surface area contributed by atoms with E-state index in [1.54, 1.807) is 36.4 Å². The number of aromatic nitrogens is 2. The number of ketones is 1. The predicted octanol–water partition coefficient (Wildman–Crippen LogP) is 4.38. The second-order valence-corrected chi connectivity index (χ2v) is 6.57. The molecule has 0 saturated carbocycles. The molecule has 0 saturated heterocycles. The van der Waals surface area contributed by atoms with Gasteiger partial charge in [0.25, 0.3) is 11.3 Å². The largest absolute Gasteiger partial charge is 0.805 e. The summed E-state index contributed by atoms with van der Waals surface area (Å²) in [5, 5.41) is 13.1. The summed E-state index contributed by atoms with van der Waals surface area (Å²) in [5.41, 5.74) is 2.70. The van der Waals surface area contributed by atoms with E-state index in [9.17, 15) is 14.9 Å². The Morgan fingerprint density at radius 1 is 1.15 bits per heavy atom. The topological polar surface area (TPSA) is 68.0 Å². The molecule has 26 heavy (non-hydrogen) atoms. The van der Waals surface area contributed by atoms with E-state index < -0.39 is 5.78 Å². The van der Waals surface area contributed by atoms with Gasteiger partial charge in [-0.05, 0) is 61.7 Å².